The second kappa shape index (κ2) is 6.01. The van der Waals surface area contributed by atoms with Crippen LogP contribution in [0.15, 0.2) is 24.3 Å². The van der Waals surface area contributed by atoms with E-state index in [1.807, 2.05) is 11.8 Å². The first-order valence-electron chi connectivity index (χ1n) is 6.84. The predicted octanol–water partition coefficient (Wildman–Crippen LogP) is 4.51. The molecular weight excluding hydrogens is 240 g/mol. The number of benzene rings is 1. The molecule has 1 aliphatic rings. The van der Waals surface area contributed by atoms with Crippen LogP contribution in [0, 0.1) is 5.92 Å². The van der Waals surface area contributed by atoms with Crippen LogP contribution in [-0.4, -0.2) is 18.6 Å². The summed E-state index contributed by atoms with van der Waals surface area (Å²) < 4.78 is 5.83. The van der Waals surface area contributed by atoms with Gasteiger partial charge in [-0.05, 0) is 48.1 Å². The Balaban J connectivity index is 1.91. The third kappa shape index (κ3) is 3.44. The van der Waals surface area contributed by atoms with Crippen molar-refractivity contribution in [3.63, 3.8) is 0 Å². The van der Waals surface area contributed by atoms with Crippen LogP contribution in [0.4, 0.5) is 0 Å². The Kier molecular flexibility index (Phi) is 4.60. The van der Waals surface area contributed by atoms with Crippen molar-refractivity contribution in [2.24, 2.45) is 5.92 Å². The molecule has 1 aliphatic carbocycles. The summed E-state index contributed by atoms with van der Waals surface area (Å²) in [7, 11) is 0. The summed E-state index contributed by atoms with van der Waals surface area (Å²) in [5, 5.41) is 0. The fraction of sp³-hybridized carbons (Fsp3) is 0.625. The van der Waals surface area contributed by atoms with E-state index in [2.05, 4.69) is 44.4 Å². The Morgan fingerprint density at radius 3 is 2.39 bits per heavy atom. The summed E-state index contributed by atoms with van der Waals surface area (Å²) in [6.07, 6.45) is 6.24. The summed E-state index contributed by atoms with van der Waals surface area (Å²) >= 11 is 1.90. The average Bonchev–Trinajstić information content (AvgIpc) is 2.27. The third-order valence-electron chi connectivity index (χ3n) is 3.85. The molecule has 0 bridgehead atoms. The van der Waals surface area contributed by atoms with E-state index >= 15 is 0 Å². The van der Waals surface area contributed by atoms with Crippen molar-refractivity contribution in [1.82, 2.24) is 0 Å². The van der Waals surface area contributed by atoms with Crippen LogP contribution in [0.25, 0.3) is 0 Å². The molecule has 2 rings (SSSR count). The van der Waals surface area contributed by atoms with Crippen LogP contribution in [0.5, 0.6) is 5.75 Å². The molecule has 0 atom stereocenters. The van der Waals surface area contributed by atoms with Crippen LogP contribution in [0.1, 0.15) is 38.7 Å². The Morgan fingerprint density at radius 2 is 1.89 bits per heavy atom. The van der Waals surface area contributed by atoms with E-state index in [9.17, 15) is 0 Å². The van der Waals surface area contributed by atoms with Crippen LogP contribution in [-0.2, 0) is 5.41 Å². The average molecular weight is 264 g/mol. The summed E-state index contributed by atoms with van der Waals surface area (Å²) in [6.45, 7) is 5.50. The summed E-state index contributed by atoms with van der Waals surface area (Å²) in [5.41, 5.74) is 1.64. The van der Waals surface area contributed by atoms with Gasteiger partial charge in [-0.25, -0.2) is 0 Å². The zero-order chi connectivity index (χ0) is 13.0. The molecule has 1 nitrogen and oxygen atoms in total. The Labute approximate surface area is 115 Å². The summed E-state index contributed by atoms with van der Waals surface area (Å²) in [4.78, 5) is 0. The van der Waals surface area contributed by atoms with Gasteiger partial charge in [0.2, 0.25) is 0 Å². The first kappa shape index (κ1) is 13.8. The van der Waals surface area contributed by atoms with Gasteiger partial charge in [0.05, 0.1) is 6.61 Å². The molecule has 0 saturated heterocycles. The van der Waals surface area contributed by atoms with Crippen molar-refractivity contribution in [3.05, 3.63) is 29.8 Å². The smallest absolute Gasteiger partial charge is 0.119 e. The van der Waals surface area contributed by atoms with E-state index in [1.165, 1.54) is 24.8 Å². The molecular formula is C16H24OS. The van der Waals surface area contributed by atoms with E-state index in [-0.39, 0.29) is 5.41 Å². The van der Waals surface area contributed by atoms with Gasteiger partial charge in [0.15, 0.2) is 0 Å². The topological polar surface area (TPSA) is 9.23 Å². The maximum Gasteiger partial charge on any atom is 0.119 e. The number of rotatable bonds is 6. The van der Waals surface area contributed by atoms with Crippen molar-refractivity contribution in [2.45, 2.75) is 38.5 Å². The van der Waals surface area contributed by atoms with E-state index < -0.39 is 0 Å². The van der Waals surface area contributed by atoms with Gasteiger partial charge in [0, 0.05) is 5.75 Å². The van der Waals surface area contributed by atoms with Crippen molar-refractivity contribution < 1.29 is 4.74 Å². The van der Waals surface area contributed by atoms with Gasteiger partial charge in [0.25, 0.3) is 0 Å². The zero-order valence-electron chi connectivity index (χ0n) is 11.7. The van der Waals surface area contributed by atoms with Crippen LogP contribution >= 0.6 is 11.8 Å². The molecule has 0 unspecified atom stereocenters. The Hall–Kier alpha value is -0.630. The van der Waals surface area contributed by atoms with Crippen LogP contribution in [0.3, 0.4) is 0 Å². The number of thioether (sulfide) groups is 1. The molecule has 0 radical (unpaired) electrons. The van der Waals surface area contributed by atoms with E-state index in [0.717, 1.165) is 24.0 Å². The van der Waals surface area contributed by atoms with Gasteiger partial charge < -0.3 is 4.74 Å². The molecule has 1 aromatic carbocycles. The van der Waals surface area contributed by atoms with Crippen molar-refractivity contribution in [2.75, 3.05) is 18.6 Å². The van der Waals surface area contributed by atoms with E-state index in [4.69, 9.17) is 4.74 Å². The molecule has 0 N–H and O–H groups in total. The fourth-order valence-electron chi connectivity index (χ4n) is 2.32. The molecule has 18 heavy (non-hydrogen) atoms. The predicted molar refractivity (Wildman–Crippen MR) is 80.7 cm³/mol. The largest absolute Gasteiger partial charge is 0.493 e. The van der Waals surface area contributed by atoms with Crippen LogP contribution in [0.2, 0.25) is 0 Å². The SMILES string of the molecule is CSCC(C)(C)c1ccc(OCC2CCC2)cc1. The lowest BCUT2D eigenvalue weighted by molar-refractivity contribution is 0.180. The van der Waals surface area contributed by atoms with Gasteiger partial charge >= 0.3 is 0 Å². The van der Waals surface area contributed by atoms with Gasteiger partial charge in [-0.2, -0.15) is 11.8 Å². The van der Waals surface area contributed by atoms with Gasteiger partial charge in [0.1, 0.15) is 5.75 Å². The maximum atomic E-state index is 5.83. The molecule has 0 heterocycles. The highest BCUT2D eigenvalue weighted by Gasteiger charge is 2.20. The van der Waals surface area contributed by atoms with Crippen molar-refractivity contribution in [1.29, 1.82) is 0 Å². The highest BCUT2D eigenvalue weighted by molar-refractivity contribution is 7.98. The molecule has 0 spiro atoms. The number of hydrogen-bond acceptors (Lipinski definition) is 2. The van der Waals surface area contributed by atoms with Crippen molar-refractivity contribution >= 4 is 11.8 Å². The normalized spacial score (nSPS) is 16.4. The van der Waals surface area contributed by atoms with E-state index in [0.29, 0.717) is 0 Å². The fourth-order valence-corrected chi connectivity index (χ4v) is 3.21. The quantitative estimate of drug-likeness (QED) is 0.748. The minimum Gasteiger partial charge on any atom is -0.493 e. The number of ether oxygens (including phenoxy) is 1. The minimum atomic E-state index is 0.242. The Morgan fingerprint density at radius 1 is 1.22 bits per heavy atom. The summed E-state index contributed by atoms with van der Waals surface area (Å²) in [6, 6.07) is 8.67. The molecule has 0 aromatic heterocycles. The maximum absolute atomic E-state index is 5.83. The zero-order valence-corrected chi connectivity index (χ0v) is 12.6. The van der Waals surface area contributed by atoms with Gasteiger partial charge in [-0.3, -0.25) is 0 Å². The van der Waals surface area contributed by atoms with Gasteiger partial charge in [-0.1, -0.05) is 32.4 Å². The van der Waals surface area contributed by atoms with Gasteiger partial charge in [-0.15, -0.1) is 0 Å². The molecule has 100 valence electrons. The third-order valence-corrected chi connectivity index (χ3v) is 4.86. The second-order valence-electron chi connectivity index (χ2n) is 5.95. The highest BCUT2D eigenvalue weighted by atomic mass is 32.2. The molecule has 1 saturated carbocycles. The van der Waals surface area contributed by atoms with E-state index in [1.54, 1.807) is 0 Å². The molecule has 2 heteroatoms. The lowest BCUT2D eigenvalue weighted by atomic mass is 9.86. The first-order valence-corrected chi connectivity index (χ1v) is 8.23. The van der Waals surface area contributed by atoms with Crippen LogP contribution < -0.4 is 4.74 Å². The lowest BCUT2D eigenvalue weighted by Gasteiger charge is -2.26. The first-order chi connectivity index (χ1) is 8.62. The standard InChI is InChI=1S/C16H24OS/c1-16(2,12-18-3)14-7-9-15(10-8-14)17-11-13-5-4-6-13/h7-10,13H,4-6,11-12H2,1-3H3. The Bertz CT molecular complexity index is 365. The molecule has 1 aromatic rings. The lowest BCUT2D eigenvalue weighted by Crippen LogP contribution is -2.20. The molecule has 1 fully saturated rings. The second-order valence-corrected chi connectivity index (χ2v) is 6.82. The monoisotopic (exact) mass is 264 g/mol. The molecule has 0 amide bonds. The van der Waals surface area contributed by atoms with Crippen molar-refractivity contribution in [3.8, 4) is 5.75 Å². The molecule has 0 aliphatic heterocycles. The number of hydrogen-bond donors (Lipinski definition) is 0. The summed E-state index contributed by atoms with van der Waals surface area (Å²) in [5.74, 6) is 2.97. The minimum absolute atomic E-state index is 0.242. The highest BCUT2D eigenvalue weighted by Crippen LogP contribution is 2.29.